The van der Waals surface area contributed by atoms with Gasteiger partial charge in [-0.2, -0.15) is 4.98 Å². The minimum atomic E-state index is -0.929. The highest BCUT2D eigenvalue weighted by Crippen LogP contribution is 2.22. The quantitative estimate of drug-likeness (QED) is 0.932. The van der Waals surface area contributed by atoms with E-state index in [0.29, 0.717) is 23.5 Å². The molecule has 2 heterocycles. The monoisotopic (exact) mass is 307 g/mol. The summed E-state index contributed by atoms with van der Waals surface area (Å²) in [6.07, 6.45) is 1.73. The Bertz CT molecular complexity index is 748. The molecule has 0 saturated carbocycles. The van der Waals surface area contributed by atoms with Gasteiger partial charge in [0.05, 0.1) is 17.5 Å². The molecule has 0 aliphatic carbocycles. The average molecular weight is 307 g/mol. The summed E-state index contributed by atoms with van der Waals surface area (Å²) in [5.41, 5.74) is 1.36. The van der Waals surface area contributed by atoms with Crippen molar-refractivity contribution in [2.75, 3.05) is 0 Å². The molecule has 1 N–H and O–H groups in total. The molecule has 2 aromatic rings. The number of hydrogen-bond acceptors (Lipinski definition) is 5. The second kappa shape index (κ2) is 5.77. The van der Waals surface area contributed by atoms with Crippen molar-refractivity contribution in [3.63, 3.8) is 0 Å². The van der Waals surface area contributed by atoms with Gasteiger partial charge in [0.25, 0.3) is 0 Å². The van der Waals surface area contributed by atoms with Gasteiger partial charge in [-0.1, -0.05) is 0 Å². The first-order valence-electron chi connectivity index (χ1n) is 6.53. The molecule has 6 nitrogen and oxygen atoms in total. The van der Waals surface area contributed by atoms with E-state index < -0.39 is 11.9 Å². The number of aliphatic carboxylic acids is 1. The van der Waals surface area contributed by atoms with E-state index in [2.05, 4.69) is 9.97 Å². The lowest BCUT2D eigenvalue weighted by Crippen LogP contribution is -2.29. The van der Waals surface area contributed by atoms with Crippen LogP contribution >= 0.6 is 11.3 Å². The molecule has 1 atom stereocenters. The molecule has 112 valence electrons. The number of carboxylic acid groups (broad SMARTS) is 1. The SMILES string of the molecule is Cc1ncc(Cn2c(C)c(C(C)C(=O)O)c(C)nc2=O)s1. The fourth-order valence-electron chi connectivity index (χ4n) is 2.39. The Morgan fingerprint density at radius 1 is 1.43 bits per heavy atom. The number of thiazole rings is 1. The molecule has 0 bridgehead atoms. The highest BCUT2D eigenvalue weighted by atomic mass is 32.1. The predicted octanol–water partition coefficient (Wildman–Crippen LogP) is 1.86. The molecule has 21 heavy (non-hydrogen) atoms. The Morgan fingerprint density at radius 3 is 2.62 bits per heavy atom. The van der Waals surface area contributed by atoms with Crippen LogP contribution in [0.1, 0.15) is 39.7 Å². The summed E-state index contributed by atoms with van der Waals surface area (Å²) in [7, 11) is 0. The van der Waals surface area contributed by atoms with Crippen molar-refractivity contribution in [2.24, 2.45) is 0 Å². The van der Waals surface area contributed by atoms with Crippen LogP contribution in [0.2, 0.25) is 0 Å². The topological polar surface area (TPSA) is 85.1 Å². The zero-order valence-corrected chi connectivity index (χ0v) is 13.2. The van der Waals surface area contributed by atoms with Crippen LogP contribution in [0.3, 0.4) is 0 Å². The van der Waals surface area contributed by atoms with E-state index in [0.717, 1.165) is 9.88 Å². The molecule has 0 aliphatic rings. The van der Waals surface area contributed by atoms with E-state index >= 15 is 0 Å². The van der Waals surface area contributed by atoms with Crippen LogP contribution in [0.4, 0.5) is 0 Å². The molecule has 0 aliphatic heterocycles. The standard InChI is InChI=1S/C14H17N3O3S/c1-7(13(18)19)12-8(2)16-14(20)17(9(12)3)6-11-5-15-10(4)21-11/h5,7H,6H2,1-4H3,(H,18,19). The van der Waals surface area contributed by atoms with Gasteiger partial charge in [0.1, 0.15) is 0 Å². The third-order valence-electron chi connectivity index (χ3n) is 3.47. The Labute approximate surface area is 126 Å². The minimum absolute atomic E-state index is 0.364. The second-order valence-corrected chi connectivity index (χ2v) is 6.29. The lowest BCUT2D eigenvalue weighted by Gasteiger charge is -2.17. The second-order valence-electron chi connectivity index (χ2n) is 4.97. The van der Waals surface area contributed by atoms with Gasteiger partial charge in [-0.15, -0.1) is 11.3 Å². The van der Waals surface area contributed by atoms with Gasteiger partial charge in [0.2, 0.25) is 0 Å². The number of rotatable bonds is 4. The van der Waals surface area contributed by atoms with Crippen LogP contribution in [0, 0.1) is 20.8 Å². The van der Waals surface area contributed by atoms with Crippen molar-refractivity contribution >= 4 is 17.3 Å². The van der Waals surface area contributed by atoms with Crippen LogP contribution in [0.25, 0.3) is 0 Å². The van der Waals surface area contributed by atoms with Gasteiger partial charge in [0.15, 0.2) is 0 Å². The first-order chi connectivity index (χ1) is 9.81. The molecular weight excluding hydrogens is 290 g/mol. The van der Waals surface area contributed by atoms with E-state index in [4.69, 9.17) is 0 Å². The zero-order chi connectivity index (χ0) is 15.7. The van der Waals surface area contributed by atoms with Gasteiger partial charge in [-0.25, -0.2) is 9.78 Å². The van der Waals surface area contributed by atoms with E-state index in [9.17, 15) is 14.7 Å². The zero-order valence-electron chi connectivity index (χ0n) is 12.4. The molecule has 0 radical (unpaired) electrons. The fourth-order valence-corrected chi connectivity index (χ4v) is 3.17. The third-order valence-corrected chi connectivity index (χ3v) is 4.36. The molecule has 1 unspecified atom stereocenters. The van der Waals surface area contributed by atoms with Crippen molar-refractivity contribution in [1.29, 1.82) is 0 Å². The largest absolute Gasteiger partial charge is 0.481 e. The summed E-state index contributed by atoms with van der Waals surface area (Å²) < 4.78 is 1.51. The van der Waals surface area contributed by atoms with Gasteiger partial charge in [0, 0.05) is 28.0 Å². The summed E-state index contributed by atoms with van der Waals surface area (Å²) in [5.74, 6) is -1.63. The predicted molar refractivity (Wildman–Crippen MR) is 80.0 cm³/mol. The average Bonchev–Trinajstić information content (AvgIpc) is 2.79. The Morgan fingerprint density at radius 2 is 2.10 bits per heavy atom. The number of carbonyl (C=O) groups is 1. The molecule has 0 saturated heterocycles. The molecular formula is C14H17N3O3S. The van der Waals surface area contributed by atoms with Crippen molar-refractivity contribution in [1.82, 2.24) is 14.5 Å². The number of nitrogens with zero attached hydrogens (tertiary/aromatic N) is 3. The van der Waals surface area contributed by atoms with E-state index in [-0.39, 0.29) is 5.69 Å². The van der Waals surface area contributed by atoms with Gasteiger partial charge >= 0.3 is 11.7 Å². The van der Waals surface area contributed by atoms with Crippen molar-refractivity contribution in [3.8, 4) is 0 Å². The maximum atomic E-state index is 12.1. The van der Waals surface area contributed by atoms with Gasteiger partial charge in [-0.3, -0.25) is 9.36 Å². The highest BCUT2D eigenvalue weighted by Gasteiger charge is 2.22. The number of hydrogen-bond donors (Lipinski definition) is 1. The summed E-state index contributed by atoms with van der Waals surface area (Å²) in [6, 6.07) is 0. The van der Waals surface area contributed by atoms with Crippen LogP contribution in [0.15, 0.2) is 11.0 Å². The number of carboxylic acids is 1. The van der Waals surface area contributed by atoms with Gasteiger partial charge < -0.3 is 5.11 Å². The first-order valence-corrected chi connectivity index (χ1v) is 7.35. The Kier molecular flexibility index (Phi) is 4.22. The van der Waals surface area contributed by atoms with E-state index in [1.165, 1.54) is 15.9 Å². The normalized spacial score (nSPS) is 12.4. The van der Waals surface area contributed by atoms with Crippen LogP contribution < -0.4 is 5.69 Å². The lowest BCUT2D eigenvalue weighted by molar-refractivity contribution is -0.138. The number of aryl methyl sites for hydroxylation is 2. The molecule has 7 heteroatoms. The van der Waals surface area contributed by atoms with E-state index in [1.54, 1.807) is 27.0 Å². The smallest absolute Gasteiger partial charge is 0.348 e. The summed E-state index contributed by atoms with van der Waals surface area (Å²) in [4.78, 5) is 32.4. The Balaban J connectivity index is 2.53. The van der Waals surface area contributed by atoms with Crippen LogP contribution in [-0.2, 0) is 11.3 Å². The summed E-state index contributed by atoms with van der Waals surface area (Å²) in [5, 5.41) is 10.1. The van der Waals surface area contributed by atoms with Crippen molar-refractivity contribution in [2.45, 2.75) is 40.2 Å². The maximum absolute atomic E-state index is 12.1. The molecule has 0 spiro atoms. The highest BCUT2D eigenvalue weighted by molar-refractivity contribution is 7.11. The first kappa shape index (κ1) is 15.4. The van der Waals surface area contributed by atoms with E-state index in [1.807, 2.05) is 6.92 Å². The Hall–Kier alpha value is -2.02. The third kappa shape index (κ3) is 3.02. The fraction of sp³-hybridized carbons (Fsp3) is 0.429. The summed E-state index contributed by atoms with van der Waals surface area (Å²) in [6.45, 7) is 7.30. The minimum Gasteiger partial charge on any atom is -0.481 e. The molecule has 2 rings (SSSR count). The molecule has 0 fully saturated rings. The summed E-state index contributed by atoms with van der Waals surface area (Å²) >= 11 is 1.51. The van der Waals surface area contributed by atoms with Gasteiger partial charge in [-0.05, 0) is 27.7 Å². The molecule has 0 amide bonds. The molecule has 2 aromatic heterocycles. The number of aromatic nitrogens is 3. The van der Waals surface area contributed by atoms with Crippen LogP contribution in [0.5, 0.6) is 0 Å². The maximum Gasteiger partial charge on any atom is 0.348 e. The van der Waals surface area contributed by atoms with Crippen molar-refractivity contribution in [3.05, 3.63) is 43.5 Å². The van der Waals surface area contributed by atoms with Crippen LogP contribution in [-0.4, -0.2) is 25.6 Å². The van der Waals surface area contributed by atoms with Crippen molar-refractivity contribution < 1.29 is 9.90 Å². The lowest BCUT2D eigenvalue weighted by atomic mass is 9.98. The molecule has 0 aromatic carbocycles.